The molecule has 4 fully saturated rings. The lowest BCUT2D eigenvalue weighted by atomic mass is 10.1. The fourth-order valence-electron chi connectivity index (χ4n) is 10.7. The third-order valence-corrected chi connectivity index (χ3v) is 21.5. The minimum absolute atomic E-state index is 0.00214. The molecule has 10 rings (SSSR count). The van der Waals surface area contributed by atoms with Crippen molar-refractivity contribution in [1.82, 2.24) is 28.9 Å². The minimum atomic E-state index is -5.61. The minimum Gasteiger partial charge on any atom is -0.370 e. The topological polar surface area (TPSA) is 227 Å². The van der Waals surface area contributed by atoms with Gasteiger partial charge in [0.1, 0.15) is 30.2 Å². The second-order valence-electron chi connectivity index (χ2n) is 19.9. The highest BCUT2D eigenvalue weighted by atomic mass is 35.5. The van der Waals surface area contributed by atoms with E-state index in [9.17, 15) is 9.59 Å². The number of hydrazine groups is 1. The highest BCUT2D eigenvalue weighted by Gasteiger charge is 2.53. The molecule has 0 saturated carbocycles. The van der Waals surface area contributed by atoms with Crippen molar-refractivity contribution in [2.24, 2.45) is 0 Å². The Kier molecular flexibility index (Phi) is 18.7. The van der Waals surface area contributed by atoms with Crippen molar-refractivity contribution in [3.63, 3.8) is 0 Å². The van der Waals surface area contributed by atoms with E-state index < -0.39 is 83.4 Å². The summed E-state index contributed by atoms with van der Waals surface area (Å²) in [4.78, 5) is 65.2. The standard InChI is InChI=1S/C54H59Cl3N8O12S4/c1-2-37-38(62-25-27-74-33-50(62)66)13-11-15-46(37)80(70,71)64(40(53(68)60-21-7-3-4-8-22-60)29-35-31-42(76-58-35)44-17-19-48(55)78-44)65(81(72,73)47-16-12-14-39(52(47)57)63-26-28-75-34-51(63)67)41(54(69)61-23-9-5-6-10-24-61)30-36-32-43(77-59-36)45-18-20-49(56)79-45/h11-20,31-32,40-41H,2-10,21-30,33-34H2,1H3/t40-,41-/m0/s1. The Hall–Kier alpha value is -5.25. The number of halogens is 3. The number of hydrogen-bond acceptors (Lipinski definition) is 16. The Morgan fingerprint density at radius 1 is 0.593 bits per heavy atom. The Labute approximate surface area is 492 Å². The van der Waals surface area contributed by atoms with Gasteiger partial charge in [0, 0.05) is 69.9 Å². The molecule has 0 unspecified atom stereocenters. The highest BCUT2D eigenvalue weighted by molar-refractivity contribution is 7.92. The summed E-state index contributed by atoms with van der Waals surface area (Å²) in [6.45, 7) is 2.15. The summed E-state index contributed by atoms with van der Waals surface area (Å²) in [5.41, 5.74) is 0.419. The van der Waals surface area contributed by atoms with Gasteiger partial charge < -0.3 is 38.1 Å². The van der Waals surface area contributed by atoms with Gasteiger partial charge in [0.05, 0.1) is 58.6 Å². The van der Waals surface area contributed by atoms with E-state index >= 15 is 26.4 Å². The van der Waals surface area contributed by atoms with Crippen LogP contribution in [0.3, 0.4) is 0 Å². The SMILES string of the molecule is CCc1c(N2CCOCC2=O)cccc1S(=O)(=O)N([C@@H](Cc1cc(-c2ccc(Cl)s2)on1)C(=O)N1CCCCCC1)N([C@@H](Cc1cc(-c2ccc(Cl)s2)on1)C(=O)N1CCCCCC1)S(=O)(=O)c1cccc(N2CCOCC2=O)c1Cl. The summed E-state index contributed by atoms with van der Waals surface area (Å²) in [5.74, 6) is -2.09. The average molecular weight is 1250 g/mol. The van der Waals surface area contributed by atoms with Gasteiger partial charge in [0.2, 0.25) is 11.8 Å². The molecule has 432 valence electrons. The van der Waals surface area contributed by atoms with Crippen LogP contribution in [-0.2, 0) is 68.0 Å². The molecule has 27 heteroatoms. The lowest BCUT2D eigenvalue weighted by Gasteiger charge is -2.43. The van der Waals surface area contributed by atoms with E-state index in [0.29, 0.717) is 52.9 Å². The van der Waals surface area contributed by atoms with E-state index in [0.717, 1.165) is 31.7 Å². The van der Waals surface area contributed by atoms with Crippen LogP contribution in [0.1, 0.15) is 75.2 Å². The molecule has 0 radical (unpaired) electrons. The number of likely N-dealkylation sites (tertiary alicyclic amines) is 2. The van der Waals surface area contributed by atoms with E-state index in [2.05, 4.69) is 10.3 Å². The van der Waals surface area contributed by atoms with Gasteiger partial charge in [-0.3, -0.25) is 19.2 Å². The maximum atomic E-state index is 17.1. The number of sulfonamides is 2. The number of hydrogen-bond donors (Lipinski definition) is 0. The molecule has 8 heterocycles. The summed E-state index contributed by atoms with van der Waals surface area (Å²) in [5, 5.41) is 8.26. The van der Waals surface area contributed by atoms with Gasteiger partial charge in [-0.2, -0.15) is 0 Å². The molecule has 4 aromatic heterocycles. The zero-order chi connectivity index (χ0) is 57.0. The summed E-state index contributed by atoms with van der Waals surface area (Å²) >= 11 is 22.4. The molecular formula is C54H59Cl3N8O12S4. The smallest absolute Gasteiger partial charge is 0.259 e. The van der Waals surface area contributed by atoms with Crippen LogP contribution >= 0.6 is 57.5 Å². The third kappa shape index (κ3) is 12.7. The molecule has 2 atom stereocenters. The molecule has 4 aliphatic rings. The Morgan fingerprint density at radius 2 is 1.02 bits per heavy atom. The summed E-state index contributed by atoms with van der Waals surface area (Å²) in [7, 11) is -11.1. The van der Waals surface area contributed by atoms with E-state index in [4.69, 9.17) is 53.3 Å². The predicted molar refractivity (Wildman–Crippen MR) is 306 cm³/mol. The van der Waals surface area contributed by atoms with Gasteiger partial charge in [-0.05, 0) is 86.2 Å². The van der Waals surface area contributed by atoms with Crippen molar-refractivity contribution in [2.75, 3.05) is 75.5 Å². The first-order valence-corrected chi connectivity index (χ1v) is 32.5. The van der Waals surface area contributed by atoms with Crippen LogP contribution in [0.5, 0.6) is 0 Å². The first kappa shape index (κ1) is 58.9. The maximum absolute atomic E-state index is 17.1. The molecule has 4 aliphatic heterocycles. The quantitative estimate of drug-likeness (QED) is 0.0732. The average Bonchev–Trinajstić information content (AvgIpc) is 4.36. The zero-order valence-corrected chi connectivity index (χ0v) is 49.7. The predicted octanol–water partition coefficient (Wildman–Crippen LogP) is 8.99. The molecular weight excluding hydrogens is 1190 g/mol. The van der Waals surface area contributed by atoms with Crippen LogP contribution in [0.25, 0.3) is 21.3 Å². The second kappa shape index (κ2) is 25.7. The van der Waals surface area contributed by atoms with Gasteiger partial charge in [-0.1, -0.05) is 89.9 Å². The van der Waals surface area contributed by atoms with Gasteiger partial charge in [0.25, 0.3) is 31.9 Å². The number of anilines is 2. The number of benzene rings is 2. The van der Waals surface area contributed by atoms with E-state index in [-0.39, 0.29) is 112 Å². The van der Waals surface area contributed by atoms with Gasteiger partial charge >= 0.3 is 0 Å². The number of carbonyl (C=O) groups is 4. The van der Waals surface area contributed by atoms with E-state index in [1.54, 1.807) is 37.3 Å². The lowest BCUT2D eigenvalue weighted by molar-refractivity contribution is -0.144. The zero-order valence-electron chi connectivity index (χ0n) is 44.2. The number of thiophene rings is 2. The Balaban J connectivity index is 1.27. The van der Waals surface area contributed by atoms with Crippen molar-refractivity contribution in [3.8, 4) is 21.3 Å². The van der Waals surface area contributed by atoms with Gasteiger partial charge in [-0.25, -0.2) is 16.8 Å². The number of aromatic nitrogens is 2. The monoisotopic (exact) mass is 1240 g/mol. The van der Waals surface area contributed by atoms with E-state index in [1.165, 1.54) is 78.7 Å². The lowest BCUT2D eigenvalue weighted by Crippen LogP contribution is -2.65. The second-order valence-corrected chi connectivity index (χ2v) is 27.3. The van der Waals surface area contributed by atoms with Crippen molar-refractivity contribution in [3.05, 3.63) is 103 Å². The van der Waals surface area contributed by atoms with Crippen LogP contribution < -0.4 is 9.80 Å². The first-order valence-electron chi connectivity index (χ1n) is 26.8. The number of morpholine rings is 2. The molecule has 20 nitrogen and oxygen atoms in total. The van der Waals surface area contributed by atoms with Crippen molar-refractivity contribution < 1.29 is 54.5 Å². The largest absolute Gasteiger partial charge is 0.370 e. The molecule has 0 N–H and O–H groups in total. The summed E-state index contributed by atoms with van der Waals surface area (Å²) in [6, 6.07) is 14.0. The molecule has 4 saturated heterocycles. The molecule has 81 heavy (non-hydrogen) atoms. The van der Waals surface area contributed by atoms with Gasteiger partial charge in [0.15, 0.2) is 11.5 Å². The normalized spacial score (nSPS) is 17.9. The molecule has 0 bridgehead atoms. The summed E-state index contributed by atoms with van der Waals surface area (Å²) in [6.07, 6.45) is 4.06. The van der Waals surface area contributed by atoms with Crippen LogP contribution in [0.15, 0.2) is 91.6 Å². The first-order chi connectivity index (χ1) is 39.0. The number of carbonyl (C=O) groups excluding carboxylic acids is 4. The molecule has 0 spiro atoms. The Morgan fingerprint density at radius 3 is 1.46 bits per heavy atom. The van der Waals surface area contributed by atoms with Crippen molar-refractivity contribution in [1.29, 1.82) is 0 Å². The van der Waals surface area contributed by atoms with Crippen LogP contribution in [0.4, 0.5) is 11.4 Å². The van der Waals surface area contributed by atoms with Crippen molar-refractivity contribution in [2.45, 2.75) is 99.4 Å². The fourth-order valence-corrected chi connectivity index (χ4v) is 17.2. The molecule has 4 amide bonds. The molecule has 2 aromatic carbocycles. The molecule has 0 aliphatic carbocycles. The number of rotatable bonds is 18. The van der Waals surface area contributed by atoms with Crippen LogP contribution in [0.2, 0.25) is 13.7 Å². The van der Waals surface area contributed by atoms with E-state index in [1.807, 2.05) is 0 Å². The number of nitrogens with zero attached hydrogens (tertiary/aromatic N) is 8. The van der Waals surface area contributed by atoms with Crippen LogP contribution in [0, 0.1) is 0 Å². The Bertz CT molecular complexity index is 3500. The summed E-state index contributed by atoms with van der Waals surface area (Å²) < 4.78 is 92.7. The number of amides is 4. The van der Waals surface area contributed by atoms with Crippen molar-refractivity contribution >= 4 is 113 Å². The molecule has 6 aromatic rings. The number of ether oxygens (including phenoxy) is 2. The maximum Gasteiger partial charge on any atom is 0.259 e. The highest BCUT2D eigenvalue weighted by Crippen LogP contribution is 2.42. The fraction of sp³-hybridized carbons (Fsp3) is 0.444. The third-order valence-electron chi connectivity index (χ3n) is 14.7. The van der Waals surface area contributed by atoms with Crippen LogP contribution in [-0.4, -0.2) is 147 Å². The van der Waals surface area contributed by atoms with Gasteiger partial charge in [-0.15, -0.1) is 31.5 Å².